The molecule has 2 aliphatic rings. The third kappa shape index (κ3) is 3.96. The van der Waals surface area contributed by atoms with Crippen LogP contribution in [-0.2, 0) is 9.53 Å². The average Bonchev–Trinajstić information content (AvgIpc) is 2.82. The van der Waals surface area contributed by atoms with Crippen molar-refractivity contribution in [3.63, 3.8) is 0 Å². The van der Waals surface area contributed by atoms with E-state index in [4.69, 9.17) is 4.74 Å². The second kappa shape index (κ2) is 6.36. The van der Waals surface area contributed by atoms with Gasteiger partial charge in [-0.3, -0.25) is 4.79 Å². The first-order valence-corrected chi connectivity index (χ1v) is 6.86. The van der Waals surface area contributed by atoms with E-state index in [1.807, 2.05) is 0 Å². The molecule has 0 aliphatic carbocycles. The molecule has 0 spiro atoms. The topological polar surface area (TPSA) is 50.4 Å². The Morgan fingerprint density at radius 1 is 1.47 bits per heavy atom. The third-order valence-electron chi connectivity index (χ3n) is 3.91. The molecule has 17 heavy (non-hydrogen) atoms. The molecule has 3 unspecified atom stereocenters. The number of amides is 1. The average molecular weight is 240 g/mol. The molecule has 2 saturated heterocycles. The van der Waals surface area contributed by atoms with E-state index in [-0.39, 0.29) is 5.91 Å². The van der Waals surface area contributed by atoms with Gasteiger partial charge in [0.05, 0.1) is 0 Å². The lowest BCUT2D eigenvalue weighted by molar-refractivity contribution is -0.122. The number of piperidine rings is 1. The summed E-state index contributed by atoms with van der Waals surface area (Å²) in [6.45, 7) is 4.94. The summed E-state index contributed by atoms with van der Waals surface area (Å²) in [5.41, 5.74) is 0. The fourth-order valence-electron chi connectivity index (χ4n) is 2.67. The number of hydrogen-bond donors (Lipinski definition) is 2. The number of nitrogens with one attached hydrogen (secondary N) is 2. The molecule has 0 bridgehead atoms. The molecule has 0 saturated carbocycles. The Morgan fingerprint density at radius 2 is 2.35 bits per heavy atom. The predicted molar refractivity (Wildman–Crippen MR) is 66.8 cm³/mol. The predicted octanol–water partition coefficient (Wildman–Crippen LogP) is 1.06. The standard InChI is InChI=1S/C13H24N2O2/c1-10-12(3-2-7-14-10)15-13(16)5-4-11-6-8-17-9-11/h10-12,14H,2-9H2,1H3,(H,15,16). The third-order valence-corrected chi connectivity index (χ3v) is 3.91. The zero-order valence-electron chi connectivity index (χ0n) is 10.7. The zero-order chi connectivity index (χ0) is 12.1. The monoisotopic (exact) mass is 240 g/mol. The minimum atomic E-state index is 0.206. The summed E-state index contributed by atoms with van der Waals surface area (Å²) in [6.07, 6.45) is 5.00. The quantitative estimate of drug-likeness (QED) is 0.772. The van der Waals surface area contributed by atoms with Gasteiger partial charge in [-0.15, -0.1) is 0 Å². The first kappa shape index (κ1) is 12.8. The number of rotatable bonds is 4. The molecule has 4 heteroatoms. The van der Waals surface area contributed by atoms with Crippen LogP contribution in [0.3, 0.4) is 0 Å². The first-order chi connectivity index (χ1) is 8.25. The highest BCUT2D eigenvalue weighted by Gasteiger charge is 2.23. The van der Waals surface area contributed by atoms with Crippen molar-refractivity contribution >= 4 is 5.91 Å². The summed E-state index contributed by atoms with van der Waals surface area (Å²) >= 11 is 0. The number of carbonyl (C=O) groups is 1. The Bertz CT molecular complexity index is 252. The van der Waals surface area contributed by atoms with Crippen LogP contribution >= 0.6 is 0 Å². The molecule has 2 rings (SSSR count). The molecule has 0 aromatic rings. The highest BCUT2D eigenvalue weighted by Crippen LogP contribution is 2.18. The maximum Gasteiger partial charge on any atom is 0.220 e. The molecule has 4 nitrogen and oxygen atoms in total. The van der Waals surface area contributed by atoms with Crippen LogP contribution in [-0.4, -0.2) is 37.7 Å². The van der Waals surface area contributed by atoms with Crippen molar-refractivity contribution in [1.82, 2.24) is 10.6 Å². The van der Waals surface area contributed by atoms with Gasteiger partial charge >= 0.3 is 0 Å². The van der Waals surface area contributed by atoms with E-state index in [0.717, 1.165) is 45.4 Å². The number of carbonyl (C=O) groups excluding carboxylic acids is 1. The van der Waals surface area contributed by atoms with Gasteiger partial charge in [-0.05, 0) is 45.1 Å². The van der Waals surface area contributed by atoms with Gasteiger partial charge in [0, 0.05) is 31.7 Å². The maximum atomic E-state index is 11.8. The van der Waals surface area contributed by atoms with Crippen molar-refractivity contribution < 1.29 is 9.53 Å². The summed E-state index contributed by atoms with van der Waals surface area (Å²) in [4.78, 5) is 11.8. The van der Waals surface area contributed by atoms with Crippen molar-refractivity contribution in [3.8, 4) is 0 Å². The Hall–Kier alpha value is -0.610. The van der Waals surface area contributed by atoms with Gasteiger partial charge in [0.25, 0.3) is 0 Å². The van der Waals surface area contributed by atoms with Crippen LogP contribution < -0.4 is 10.6 Å². The summed E-state index contributed by atoms with van der Waals surface area (Å²) in [6, 6.07) is 0.721. The Balaban J connectivity index is 1.65. The second-order valence-electron chi connectivity index (χ2n) is 5.33. The molecule has 3 atom stereocenters. The second-order valence-corrected chi connectivity index (χ2v) is 5.33. The van der Waals surface area contributed by atoms with E-state index < -0.39 is 0 Å². The van der Waals surface area contributed by atoms with Crippen LogP contribution in [0.4, 0.5) is 0 Å². The van der Waals surface area contributed by atoms with Crippen LogP contribution in [0, 0.1) is 5.92 Å². The number of hydrogen-bond acceptors (Lipinski definition) is 3. The zero-order valence-corrected chi connectivity index (χ0v) is 10.7. The van der Waals surface area contributed by atoms with Crippen molar-refractivity contribution in [2.24, 2.45) is 5.92 Å². The van der Waals surface area contributed by atoms with E-state index in [1.165, 1.54) is 0 Å². The lowest BCUT2D eigenvalue weighted by Crippen LogP contribution is -2.51. The van der Waals surface area contributed by atoms with Crippen LogP contribution in [0.5, 0.6) is 0 Å². The molecule has 2 fully saturated rings. The lowest BCUT2D eigenvalue weighted by Gasteiger charge is -2.30. The van der Waals surface area contributed by atoms with E-state index in [2.05, 4.69) is 17.6 Å². The van der Waals surface area contributed by atoms with Crippen LogP contribution in [0.25, 0.3) is 0 Å². The van der Waals surface area contributed by atoms with E-state index in [1.54, 1.807) is 0 Å². The fraction of sp³-hybridized carbons (Fsp3) is 0.923. The van der Waals surface area contributed by atoms with Crippen LogP contribution in [0.1, 0.15) is 39.0 Å². The lowest BCUT2D eigenvalue weighted by atomic mass is 9.98. The SMILES string of the molecule is CC1NCCCC1NC(=O)CCC1CCOC1. The van der Waals surface area contributed by atoms with Gasteiger partial charge in [0.2, 0.25) is 5.91 Å². The summed E-state index contributed by atoms with van der Waals surface area (Å²) in [5.74, 6) is 0.806. The van der Waals surface area contributed by atoms with Gasteiger partial charge in [-0.25, -0.2) is 0 Å². The van der Waals surface area contributed by atoms with Crippen LogP contribution in [0.2, 0.25) is 0 Å². The fourth-order valence-corrected chi connectivity index (χ4v) is 2.67. The number of ether oxygens (including phenoxy) is 1. The molecule has 2 aliphatic heterocycles. The van der Waals surface area contributed by atoms with Gasteiger partial charge in [-0.2, -0.15) is 0 Å². The van der Waals surface area contributed by atoms with Crippen molar-refractivity contribution in [2.45, 2.75) is 51.1 Å². The van der Waals surface area contributed by atoms with Crippen LogP contribution in [0.15, 0.2) is 0 Å². The molecular formula is C13H24N2O2. The first-order valence-electron chi connectivity index (χ1n) is 6.86. The van der Waals surface area contributed by atoms with Gasteiger partial charge in [-0.1, -0.05) is 0 Å². The smallest absolute Gasteiger partial charge is 0.220 e. The van der Waals surface area contributed by atoms with Gasteiger partial charge in [0.1, 0.15) is 0 Å². The summed E-state index contributed by atoms with van der Waals surface area (Å²) in [7, 11) is 0. The molecular weight excluding hydrogens is 216 g/mol. The minimum Gasteiger partial charge on any atom is -0.381 e. The van der Waals surface area contributed by atoms with Gasteiger partial charge in [0.15, 0.2) is 0 Å². The van der Waals surface area contributed by atoms with E-state index in [9.17, 15) is 4.79 Å². The normalized spacial score (nSPS) is 33.6. The molecule has 2 N–H and O–H groups in total. The molecule has 2 heterocycles. The molecule has 0 aromatic heterocycles. The highest BCUT2D eigenvalue weighted by molar-refractivity contribution is 5.76. The molecule has 0 radical (unpaired) electrons. The maximum absolute atomic E-state index is 11.8. The largest absolute Gasteiger partial charge is 0.381 e. The highest BCUT2D eigenvalue weighted by atomic mass is 16.5. The van der Waals surface area contributed by atoms with Crippen molar-refractivity contribution in [1.29, 1.82) is 0 Å². The molecule has 98 valence electrons. The summed E-state index contributed by atoms with van der Waals surface area (Å²) in [5, 5.41) is 6.55. The summed E-state index contributed by atoms with van der Waals surface area (Å²) < 4.78 is 5.31. The van der Waals surface area contributed by atoms with Gasteiger partial charge < -0.3 is 15.4 Å². The Kier molecular flexibility index (Phi) is 4.80. The van der Waals surface area contributed by atoms with Crippen molar-refractivity contribution in [3.05, 3.63) is 0 Å². The van der Waals surface area contributed by atoms with Crippen molar-refractivity contribution in [2.75, 3.05) is 19.8 Å². The van der Waals surface area contributed by atoms with E-state index in [0.29, 0.717) is 24.4 Å². The Morgan fingerprint density at radius 3 is 3.06 bits per heavy atom. The molecule has 1 amide bonds. The van der Waals surface area contributed by atoms with E-state index >= 15 is 0 Å². The minimum absolute atomic E-state index is 0.206. The molecule has 0 aromatic carbocycles. The Labute approximate surface area is 103 Å².